The van der Waals surface area contributed by atoms with Gasteiger partial charge in [-0.25, -0.2) is 28.3 Å². The molecule has 47 heavy (non-hydrogen) atoms. The number of nitrogens with zero attached hydrogens (tertiary/aromatic N) is 2. The van der Waals surface area contributed by atoms with E-state index < -0.39 is 28.9 Å². The number of carbonyl (C=O) groups is 2. The first-order chi connectivity index (χ1) is 22.3. The van der Waals surface area contributed by atoms with Crippen molar-refractivity contribution in [1.82, 2.24) is 19.9 Å². The Morgan fingerprint density at radius 2 is 1.23 bits per heavy atom. The number of aryl methyl sites for hydroxylation is 3. The molecular formula is C32H25ClF2N4O6S2. The van der Waals surface area contributed by atoms with Crippen LogP contribution in [0.1, 0.15) is 65.7 Å². The molecular weight excluding hydrogens is 674 g/mol. The molecule has 0 spiro atoms. The summed E-state index contributed by atoms with van der Waals surface area (Å²) >= 11 is 7.73. The highest BCUT2D eigenvalue weighted by atomic mass is 35.5. The molecule has 0 amide bonds. The van der Waals surface area contributed by atoms with Crippen LogP contribution >= 0.6 is 34.3 Å². The van der Waals surface area contributed by atoms with E-state index in [-0.39, 0.29) is 45.0 Å². The van der Waals surface area contributed by atoms with E-state index in [0.29, 0.717) is 42.8 Å². The van der Waals surface area contributed by atoms with Crippen molar-refractivity contribution in [3.8, 4) is 0 Å². The Hall–Kier alpha value is -4.79. The number of halogens is 3. The minimum Gasteiger partial charge on any atom is -0.477 e. The largest absolute Gasteiger partial charge is 0.477 e. The third-order valence-corrected chi connectivity index (χ3v) is 9.91. The maximum Gasteiger partial charge on any atom is 0.346 e. The smallest absolute Gasteiger partial charge is 0.346 e. The second-order valence-corrected chi connectivity index (χ2v) is 12.9. The molecule has 0 fully saturated rings. The SMILES string of the molecule is CCc1ccc(F)c(Cc2nc3sc(C(=O)O)c(C)c3c(=O)[nH]2)c1.Cc1c(C(=O)O)sc2nc(Cc3cc(Cl)ccc3F)[nH]c(=O)c12. The predicted molar refractivity (Wildman–Crippen MR) is 177 cm³/mol. The molecule has 6 aromatic rings. The van der Waals surface area contributed by atoms with E-state index in [4.69, 9.17) is 16.7 Å². The van der Waals surface area contributed by atoms with E-state index in [0.717, 1.165) is 34.7 Å². The first-order valence-corrected chi connectivity index (χ1v) is 16.0. The van der Waals surface area contributed by atoms with Gasteiger partial charge in [0.15, 0.2) is 0 Å². The van der Waals surface area contributed by atoms with Gasteiger partial charge in [-0.2, -0.15) is 0 Å². The summed E-state index contributed by atoms with van der Waals surface area (Å²) in [4.78, 5) is 61.5. The van der Waals surface area contributed by atoms with Gasteiger partial charge in [0.2, 0.25) is 0 Å². The lowest BCUT2D eigenvalue weighted by Crippen LogP contribution is -2.12. The fourth-order valence-corrected chi connectivity index (χ4v) is 7.25. The van der Waals surface area contributed by atoms with E-state index in [1.165, 1.54) is 24.3 Å². The van der Waals surface area contributed by atoms with Crippen molar-refractivity contribution in [2.45, 2.75) is 40.0 Å². The van der Waals surface area contributed by atoms with Crippen molar-refractivity contribution in [2.24, 2.45) is 0 Å². The van der Waals surface area contributed by atoms with Crippen LogP contribution in [-0.2, 0) is 19.3 Å². The number of rotatable bonds is 7. The standard InChI is InChI=1S/C17H15FN2O3S.C15H10ClFN2O3S/c1-3-9-4-5-11(18)10(6-9)7-12-19-15(21)13-8(2)14(17(22)23)24-16(13)20-12;1-6-11-13(20)18-10(19-14(11)23-12(6)15(21)22)5-7-4-8(16)2-3-9(7)17/h4-6H,3,7H2,1-2H3,(H,22,23)(H,19,20,21);2-4H,5H2,1H3,(H,21,22)(H,18,19,20). The van der Waals surface area contributed by atoms with E-state index in [1.807, 2.05) is 6.92 Å². The van der Waals surface area contributed by atoms with Crippen LogP contribution < -0.4 is 11.1 Å². The summed E-state index contributed by atoms with van der Waals surface area (Å²) in [7, 11) is 0. The number of nitrogens with one attached hydrogen (secondary N) is 2. The molecule has 6 rings (SSSR count). The molecule has 0 radical (unpaired) electrons. The van der Waals surface area contributed by atoms with Crippen LogP contribution in [0, 0.1) is 25.5 Å². The summed E-state index contributed by atoms with van der Waals surface area (Å²) in [5.74, 6) is -2.43. The number of aromatic nitrogens is 4. The lowest BCUT2D eigenvalue weighted by atomic mass is 10.1. The van der Waals surface area contributed by atoms with E-state index in [1.54, 1.807) is 26.0 Å². The highest BCUT2D eigenvalue weighted by Crippen LogP contribution is 2.28. The molecule has 0 aliphatic rings. The summed E-state index contributed by atoms with van der Waals surface area (Å²) in [6, 6.07) is 9.02. The average molecular weight is 699 g/mol. The molecule has 15 heteroatoms. The van der Waals surface area contributed by atoms with E-state index in [2.05, 4.69) is 19.9 Å². The van der Waals surface area contributed by atoms with Gasteiger partial charge in [-0.1, -0.05) is 30.7 Å². The van der Waals surface area contributed by atoms with Crippen LogP contribution in [0.5, 0.6) is 0 Å². The Kier molecular flexibility index (Phi) is 9.65. The molecule has 0 saturated carbocycles. The van der Waals surface area contributed by atoms with Gasteiger partial charge in [0.05, 0.1) is 10.8 Å². The quantitative estimate of drug-likeness (QED) is 0.144. The van der Waals surface area contributed by atoms with Gasteiger partial charge in [0.25, 0.3) is 11.1 Å². The second kappa shape index (κ2) is 13.5. The third-order valence-electron chi connectivity index (χ3n) is 7.33. The molecule has 0 bridgehead atoms. The first kappa shape index (κ1) is 33.6. The number of carboxylic acids is 2. The molecule has 10 nitrogen and oxygen atoms in total. The summed E-state index contributed by atoms with van der Waals surface area (Å²) < 4.78 is 27.8. The predicted octanol–water partition coefficient (Wildman–Crippen LogP) is 6.66. The molecule has 0 unspecified atom stereocenters. The van der Waals surface area contributed by atoms with Crippen LogP contribution in [-0.4, -0.2) is 42.1 Å². The Morgan fingerprint density at radius 1 is 0.787 bits per heavy atom. The highest BCUT2D eigenvalue weighted by Gasteiger charge is 2.20. The third kappa shape index (κ3) is 6.99. The Bertz CT molecular complexity index is 2330. The van der Waals surface area contributed by atoms with Crippen LogP contribution in [0.2, 0.25) is 5.02 Å². The normalized spacial score (nSPS) is 11.1. The zero-order chi connectivity index (χ0) is 34.2. The van der Waals surface area contributed by atoms with Crippen molar-refractivity contribution in [3.05, 3.63) is 123 Å². The van der Waals surface area contributed by atoms with Gasteiger partial charge >= 0.3 is 11.9 Å². The number of hydrogen-bond acceptors (Lipinski definition) is 8. The summed E-state index contributed by atoms with van der Waals surface area (Å²) in [6.45, 7) is 5.13. The van der Waals surface area contributed by atoms with Crippen LogP contribution in [0.4, 0.5) is 8.78 Å². The van der Waals surface area contributed by atoms with Gasteiger partial charge in [-0.15, -0.1) is 22.7 Å². The number of aromatic carboxylic acids is 2. The number of thiophene rings is 2. The Morgan fingerprint density at radius 3 is 1.68 bits per heavy atom. The van der Waals surface area contributed by atoms with Gasteiger partial charge in [0, 0.05) is 17.9 Å². The van der Waals surface area contributed by atoms with E-state index in [9.17, 15) is 33.1 Å². The van der Waals surface area contributed by atoms with E-state index >= 15 is 0 Å². The van der Waals surface area contributed by atoms with Crippen LogP contribution in [0.3, 0.4) is 0 Å². The number of H-pyrrole nitrogens is 2. The van der Waals surface area contributed by atoms with Crippen LogP contribution in [0.25, 0.3) is 20.4 Å². The average Bonchev–Trinajstić information content (AvgIpc) is 3.53. The maximum absolute atomic E-state index is 14.0. The summed E-state index contributed by atoms with van der Waals surface area (Å²) in [6.07, 6.45) is 0.976. The number of benzene rings is 2. The molecule has 4 N–H and O–H groups in total. The van der Waals surface area contributed by atoms with Crippen molar-refractivity contribution >= 4 is 66.6 Å². The summed E-state index contributed by atoms with van der Waals surface area (Å²) in [5.41, 5.74) is 1.69. The number of carboxylic acid groups (broad SMARTS) is 2. The molecule has 242 valence electrons. The highest BCUT2D eigenvalue weighted by molar-refractivity contribution is 7.20. The minimum absolute atomic E-state index is 0.0525. The molecule has 0 atom stereocenters. The number of fused-ring (bicyclic) bond motifs is 2. The zero-order valence-corrected chi connectivity index (χ0v) is 27.3. The lowest BCUT2D eigenvalue weighted by molar-refractivity contribution is 0.0690. The second-order valence-electron chi connectivity index (χ2n) is 10.5. The fraction of sp³-hybridized carbons (Fsp3) is 0.188. The van der Waals surface area contributed by atoms with Crippen molar-refractivity contribution < 1.29 is 28.6 Å². The van der Waals surface area contributed by atoms with Crippen molar-refractivity contribution in [3.63, 3.8) is 0 Å². The number of aromatic amines is 2. The number of hydrogen-bond donors (Lipinski definition) is 4. The lowest BCUT2D eigenvalue weighted by Gasteiger charge is -2.05. The van der Waals surface area contributed by atoms with Gasteiger partial charge in [-0.05, 0) is 72.4 Å². The molecule has 4 aromatic heterocycles. The molecule has 4 heterocycles. The molecule has 2 aromatic carbocycles. The van der Waals surface area contributed by atoms with Gasteiger partial charge in [0.1, 0.15) is 42.7 Å². The molecule has 0 aliphatic carbocycles. The van der Waals surface area contributed by atoms with Gasteiger partial charge < -0.3 is 20.2 Å². The van der Waals surface area contributed by atoms with Crippen molar-refractivity contribution in [1.29, 1.82) is 0 Å². The maximum atomic E-state index is 14.0. The van der Waals surface area contributed by atoms with Crippen LogP contribution in [0.15, 0.2) is 46.0 Å². The minimum atomic E-state index is -1.10. The molecule has 0 saturated heterocycles. The topological polar surface area (TPSA) is 166 Å². The first-order valence-electron chi connectivity index (χ1n) is 14.0. The monoisotopic (exact) mass is 698 g/mol. The zero-order valence-electron chi connectivity index (χ0n) is 25.0. The van der Waals surface area contributed by atoms with Gasteiger partial charge in [-0.3, -0.25) is 9.59 Å². The fourth-order valence-electron chi connectivity index (χ4n) is 4.98. The Labute approximate surface area is 277 Å². The summed E-state index contributed by atoms with van der Waals surface area (Å²) in [5, 5.41) is 19.2. The Balaban J connectivity index is 0.000000185. The molecule has 0 aliphatic heterocycles. The van der Waals surface area contributed by atoms with Crippen molar-refractivity contribution in [2.75, 3.05) is 0 Å².